The fraction of sp³-hybridized carbons (Fsp3) is 0.350. The van der Waals surface area contributed by atoms with Crippen molar-refractivity contribution in [1.82, 2.24) is 0 Å². The van der Waals surface area contributed by atoms with E-state index in [1.807, 2.05) is 12.3 Å². The van der Waals surface area contributed by atoms with E-state index in [-0.39, 0.29) is 5.41 Å². The summed E-state index contributed by atoms with van der Waals surface area (Å²) in [7, 11) is 9.78. The number of para-hydroxylation sites is 1. The minimum atomic E-state index is -0.556. The molecule has 2 rings (SSSR count). The predicted molar refractivity (Wildman–Crippen MR) is 103 cm³/mol. The molecule has 0 N–H and O–H groups in total. The molecule has 128 valence electrons. The number of rotatable bonds is 3. The van der Waals surface area contributed by atoms with Gasteiger partial charge >= 0.3 is 35.6 Å². The van der Waals surface area contributed by atoms with E-state index in [0.29, 0.717) is 5.92 Å². The zero-order valence-corrected chi connectivity index (χ0v) is 18.0. The van der Waals surface area contributed by atoms with Gasteiger partial charge in [-0.05, 0) is 29.2 Å². The first-order valence-corrected chi connectivity index (χ1v) is 12.2. The molecular weight excluding hydrogens is 373 g/mol. The Balaban J connectivity index is 0.000000891. The molecule has 0 radical (unpaired) electrons. The van der Waals surface area contributed by atoms with Crippen LogP contribution in [0.25, 0.3) is 0 Å². The molecule has 0 aromatic heterocycles. The molecule has 4 heteroatoms. The van der Waals surface area contributed by atoms with E-state index in [0.717, 1.165) is 11.3 Å². The van der Waals surface area contributed by atoms with Crippen molar-refractivity contribution in [2.75, 3.05) is 0 Å². The number of halogens is 2. The van der Waals surface area contributed by atoms with E-state index in [9.17, 15) is 0 Å². The van der Waals surface area contributed by atoms with Gasteiger partial charge in [-0.25, -0.2) is 0 Å². The van der Waals surface area contributed by atoms with Gasteiger partial charge in [-0.1, -0.05) is 52.8 Å². The minimum absolute atomic E-state index is 0.111. The number of benzene rings is 2. The van der Waals surface area contributed by atoms with Crippen LogP contribution in [0.5, 0.6) is 0 Å². The first-order chi connectivity index (χ1) is 11.3. The number of aliphatic imine (C=N–C) groups is 1. The second-order valence-electron chi connectivity index (χ2n) is 6.81. The third-order valence-electron chi connectivity index (χ3n) is 3.53. The van der Waals surface area contributed by atoms with Crippen molar-refractivity contribution in [1.29, 1.82) is 0 Å². The molecule has 2 aromatic carbocycles. The van der Waals surface area contributed by atoms with Crippen LogP contribution in [0.2, 0.25) is 0 Å². The van der Waals surface area contributed by atoms with E-state index in [1.165, 1.54) is 11.1 Å². The van der Waals surface area contributed by atoms with Crippen molar-refractivity contribution >= 4 is 30.5 Å². The summed E-state index contributed by atoms with van der Waals surface area (Å²) in [6.07, 6.45) is 1.91. The summed E-state index contributed by atoms with van der Waals surface area (Å²) in [5, 5.41) is 0. The molecule has 1 nitrogen and oxygen atoms in total. The summed E-state index contributed by atoms with van der Waals surface area (Å²) in [5.41, 5.74) is 4.67. The Morgan fingerprint density at radius 2 is 1.67 bits per heavy atom. The Bertz CT molecular complexity index is 661. The van der Waals surface area contributed by atoms with E-state index in [4.69, 9.17) is 18.6 Å². The SMILES string of the molecule is CC(C)c1ccccc1N=Cc1[c-]c(C(C)(C)C)ccc1.[Cl][Ti][Cl]. The molecule has 24 heavy (non-hydrogen) atoms. The van der Waals surface area contributed by atoms with Crippen molar-refractivity contribution in [2.45, 2.75) is 46.0 Å². The van der Waals surface area contributed by atoms with Gasteiger partial charge in [0.05, 0.1) is 5.69 Å². The number of nitrogens with zero attached hydrogens (tertiary/aromatic N) is 1. The van der Waals surface area contributed by atoms with Crippen LogP contribution in [0.15, 0.2) is 47.5 Å². The zero-order chi connectivity index (χ0) is 18.2. The molecule has 0 amide bonds. The molecule has 0 spiro atoms. The van der Waals surface area contributed by atoms with E-state index >= 15 is 0 Å². The van der Waals surface area contributed by atoms with Gasteiger partial charge in [0.15, 0.2) is 0 Å². The molecular formula is C20H24Cl2NTi-. The molecule has 0 saturated heterocycles. The standard InChI is InChI=1S/C20H24N.2ClH.Ti/c1-15(2)18-11-6-7-12-19(18)21-14-16-9-8-10-17(13-16)20(3,4)5;;;/h6-12,14-15H,1-5H3;2*1H;/q-1;;;+2/p-2. The first kappa shape index (κ1) is 21.4. The van der Waals surface area contributed by atoms with Gasteiger partial charge < -0.3 is 4.99 Å². The Labute approximate surface area is 163 Å². The summed E-state index contributed by atoms with van der Waals surface area (Å²) in [6.45, 7) is 11.0. The van der Waals surface area contributed by atoms with E-state index < -0.39 is 17.0 Å². The Morgan fingerprint density at radius 1 is 1.04 bits per heavy atom. The van der Waals surface area contributed by atoms with Gasteiger partial charge in [-0.15, -0.1) is 35.4 Å². The average Bonchev–Trinajstić information content (AvgIpc) is 2.53. The Hall–Kier alpha value is -0.596. The normalized spacial score (nSPS) is 11.3. The van der Waals surface area contributed by atoms with Gasteiger partial charge in [-0.3, -0.25) is 0 Å². The third kappa shape index (κ3) is 7.11. The fourth-order valence-electron chi connectivity index (χ4n) is 2.23. The molecule has 0 heterocycles. The van der Waals surface area contributed by atoms with Crippen LogP contribution in [-0.4, -0.2) is 6.21 Å². The maximum absolute atomic E-state index is 4.89. The molecule has 0 aliphatic carbocycles. The second kappa shape index (κ2) is 10.4. The molecule has 0 aliphatic heterocycles. The molecule has 0 atom stereocenters. The van der Waals surface area contributed by atoms with Crippen molar-refractivity contribution < 1.29 is 17.0 Å². The van der Waals surface area contributed by atoms with Gasteiger partial charge in [0.2, 0.25) is 0 Å². The predicted octanol–water partition coefficient (Wildman–Crippen LogP) is 7.03. The Morgan fingerprint density at radius 3 is 2.25 bits per heavy atom. The topological polar surface area (TPSA) is 12.4 Å². The van der Waals surface area contributed by atoms with Gasteiger partial charge in [-0.2, -0.15) is 0 Å². The summed E-state index contributed by atoms with van der Waals surface area (Å²) in [4.78, 5) is 4.66. The van der Waals surface area contributed by atoms with Crippen LogP contribution in [0, 0.1) is 6.07 Å². The second-order valence-corrected chi connectivity index (χ2v) is 9.39. The summed E-state index contributed by atoms with van der Waals surface area (Å²) < 4.78 is 0. The van der Waals surface area contributed by atoms with Crippen molar-refractivity contribution in [3.63, 3.8) is 0 Å². The maximum atomic E-state index is 4.89. The van der Waals surface area contributed by atoms with Crippen LogP contribution < -0.4 is 0 Å². The number of hydrogen-bond donors (Lipinski definition) is 0. The van der Waals surface area contributed by atoms with Crippen molar-refractivity contribution in [3.05, 3.63) is 65.2 Å². The third-order valence-corrected chi connectivity index (χ3v) is 3.53. The van der Waals surface area contributed by atoms with Crippen LogP contribution in [0.1, 0.15) is 57.2 Å². The van der Waals surface area contributed by atoms with Crippen LogP contribution in [0.3, 0.4) is 0 Å². The number of hydrogen-bond acceptors (Lipinski definition) is 1. The Kier molecular flexibility index (Phi) is 9.30. The molecule has 2 aromatic rings. The van der Waals surface area contributed by atoms with Crippen molar-refractivity contribution in [3.8, 4) is 0 Å². The van der Waals surface area contributed by atoms with Crippen LogP contribution in [0.4, 0.5) is 5.69 Å². The fourth-order valence-corrected chi connectivity index (χ4v) is 2.23. The van der Waals surface area contributed by atoms with E-state index in [2.05, 4.69) is 82.1 Å². The molecule has 0 bridgehead atoms. The van der Waals surface area contributed by atoms with Gasteiger partial charge in [0.1, 0.15) is 0 Å². The summed E-state index contributed by atoms with van der Waals surface area (Å²) in [6, 6.07) is 18.0. The molecule has 0 aliphatic rings. The van der Waals surface area contributed by atoms with Crippen molar-refractivity contribution in [2.24, 2.45) is 4.99 Å². The molecule has 0 saturated carbocycles. The monoisotopic (exact) mass is 396 g/mol. The molecule has 0 fully saturated rings. The van der Waals surface area contributed by atoms with Gasteiger partial charge in [0, 0.05) is 0 Å². The summed E-state index contributed by atoms with van der Waals surface area (Å²) >= 11 is -0.556. The van der Waals surface area contributed by atoms with Gasteiger partial charge in [0.25, 0.3) is 0 Å². The first-order valence-electron chi connectivity index (χ1n) is 7.91. The average molecular weight is 397 g/mol. The molecule has 0 unspecified atom stereocenters. The van der Waals surface area contributed by atoms with E-state index in [1.54, 1.807) is 0 Å². The zero-order valence-electron chi connectivity index (χ0n) is 14.9. The quantitative estimate of drug-likeness (QED) is 0.299. The van der Waals surface area contributed by atoms with Crippen LogP contribution >= 0.6 is 18.6 Å². The van der Waals surface area contributed by atoms with Crippen LogP contribution in [-0.2, 0) is 22.4 Å². The summed E-state index contributed by atoms with van der Waals surface area (Å²) in [5.74, 6) is 0.475.